The molecule has 0 amide bonds. The number of nitrogens with one attached hydrogen (secondary N) is 1. The van der Waals surface area contributed by atoms with Crippen LogP contribution in [0.4, 0.5) is 0 Å². The van der Waals surface area contributed by atoms with Crippen LogP contribution in [0.3, 0.4) is 0 Å². The van der Waals surface area contributed by atoms with Crippen molar-refractivity contribution in [3.8, 4) is 0 Å². The zero-order valence-electron chi connectivity index (χ0n) is 9.11. The van der Waals surface area contributed by atoms with E-state index in [1.165, 1.54) is 11.1 Å². The predicted octanol–water partition coefficient (Wildman–Crippen LogP) is 4.36. The summed E-state index contributed by atoms with van der Waals surface area (Å²) in [6.45, 7) is 3.09. The van der Waals surface area contributed by atoms with Crippen molar-refractivity contribution in [2.45, 2.75) is 19.5 Å². The first-order valence-electron chi connectivity index (χ1n) is 5.25. The summed E-state index contributed by atoms with van der Waals surface area (Å²) < 4.78 is 1.13. The molecule has 0 aliphatic heterocycles. The van der Waals surface area contributed by atoms with Gasteiger partial charge >= 0.3 is 0 Å². The molecular weight excluding hydrogens is 282 g/mol. The van der Waals surface area contributed by atoms with E-state index in [1.807, 2.05) is 6.07 Å². The molecule has 0 saturated heterocycles. The van der Waals surface area contributed by atoms with E-state index >= 15 is 0 Å². The Morgan fingerprint density at radius 3 is 2.94 bits per heavy atom. The van der Waals surface area contributed by atoms with Crippen LogP contribution in [0.5, 0.6) is 0 Å². The lowest BCUT2D eigenvalue weighted by Gasteiger charge is -2.12. The molecule has 84 valence electrons. The highest BCUT2D eigenvalue weighted by molar-refractivity contribution is 9.10. The van der Waals surface area contributed by atoms with Gasteiger partial charge < -0.3 is 5.32 Å². The highest BCUT2D eigenvalue weighted by atomic mass is 79.9. The zero-order chi connectivity index (χ0) is 11.4. The molecule has 0 aliphatic carbocycles. The lowest BCUT2D eigenvalue weighted by Crippen LogP contribution is -2.17. The Labute approximate surface area is 109 Å². The van der Waals surface area contributed by atoms with Gasteiger partial charge in [-0.25, -0.2) is 0 Å². The Morgan fingerprint density at radius 1 is 1.38 bits per heavy atom. The first-order valence-corrected chi connectivity index (χ1v) is 6.99. The summed E-state index contributed by atoms with van der Waals surface area (Å²) in [4.78, 5) is 0. The van der Waals surface area contributed by atoms with Gasteiger partial charge in [-0.1, -0.05) is 28.1 Å². The van der Waals surface area contributed by atoms with Crippen LogP contribution in [0.1, 0.15) is 24.1 Å². The molecule has 1 unspecified atom stereocenters. The number of halogens is 1. The van der Waals surface area contributed by atoms with Crippen molar-refractivity contribution in [3.05, 3.63) is 56.7 Å². The summed E-state index contributed by atoms with van der Waals surface area (Å²) >= 11 is 5.23. The van der Waals surface area contributed by atoms with Gasteiger partial charge in [-0.05, 0) is 47.0 Å². The second-order valence-corrected chi connectivity index (χ2v) is 5.48. The predicted molar refractivity (Wildman–Crippen MR) is 73.7 cm³/mol. The molecule has 1 aromatic heterocycles. The van der Waals surface area contributed by atoms with Crippen molar-refractivity contribution in [3.63, 3.8) is 0 Å². The maximum atomic E-state index is 3.51. The van der Waals surface area contributed by atoms with Crippen LogP contribution in [0.2, 0.25) is 0 Å². The maximum absolute atomic E-state index is 3.51. The fourth-order valence-electron chi connectivity index (χ4n) is 1.56. The van der Waals surface area contributed by atoms with Gasteiger partial charge in [0.1, 0.15) is 0 Å². The van der Waals surface area contributed by atoms with Gasteiger partial charge in [0.2, 0.25) is 0 Å². The van der Waals surface area contributed by atoms with Crippen molar-refractivity contribution < 1.29 is 0 Å². The summed E-state index contributed by atoms with van der Waals surface area (Å²) in [7, 11) is 0. The van der Waals surface area contributed by atoms with E-state index in [9.17, 15) is 0 Å². The average Bonchev–Trinajstić information content (AvgIpc) is 2.79. The first kappa shape index (κ1) is 11.8. The summed E-state index contributed by atoms with van der Waals surface area (Å²) in [5.41, 5.74) is 2.66. The molecule has 16 heavy (non-hydrogen) atoms. The Kier molecular flexibility index (Phi) is 4.16. The number of benzene rings is 1. The second kappa shape index (κ2) is 5.62. The van der Waals surface area contributed by atoms with Crippen LogP contribution in [0.25, 0.3) is 0 Å². The largest absolute Gasteiger partial charge is 0.306 e. The van der Waals surface area contributed by atoms with E-state index in [4.69, 9.17) is 0 Å². The van der Waals surface area contributed by atoms with E-state index in [0.29, 0.717) is 6.04 Å². The van der Waals surface area contributed by atoms with Crippen LogP contribution in [0, 0.1) is 0 Å². The molecule has 1 heterocycles. The van der Waals surface area contributed by atoms with Gasteiger partial charge in [0.05, 0.1) is 0 Å². The summed E-state index contributed by atoms with van der Waals surface area (Å²) in [5, 5.41) is 7.83. The van der Waals surface area contributed by atoms with E-state index < -0.39 is 0 Å². The molecule has 2 rings (SSSR count). The topological polar surface area (TPSA) is 12.0 Å². The number of rotatable bonds is 4. The Bertz CT molecular complexity index is 439. The molecule has 0 spiro atoms. The van der Waals surface area contributed by atoms with E-state index in [-0.39, 0.29) is 0 Å². The molecule has 1 nitrogen and oxygen atoms in total. The standard InChI is InChI=1S/C13H14BrNS/c1-10(12-5-6-16-9-12)15-8-11-3-2-4-13(14)7-11/h2-7,9-10,15H,8H2,1H3. The third kappa shape index (κ3) is 3.17. The van der Waals surface area contributed by atoms with Crippen LogP contribution in [-0.4, -0.2) is 0 Å². The minimum Gasteiger partial charge on any atom is -0.306 e. The van der Waals surface area contributed by atoms with Crippen LogP contribution >= 0.6 is 27.3 Å². The smallest absolute Gasteiger partial charge is 0.0303 e. The number of hydrogen-bond donors (Lipinski definition) is 1. The van der Waals surface area contributed by atoms with Gasteiger partial charge in [-0.15, -0.1) is 0 Å². The summed E-state index contributed by atoms with van der Waals surface area (Å²) in [5.74, 6) is 0. The minimum absolute atomic E-state index is 0.408. The van der Waals surface area contributed by atoms with Gasteiger partial charge in [-0.3, -0.25) is 0 Å². The lowest BCUT2D eigenvalue weighted by molar-refractivity contribution is 0.576. The molecule has 0 radical (unpaired) electrons. The molecule has 3 heteroatoms. The van der Waals surface area contributed by atoms with Crippen LogP contribution in [0.15, 0.2) is 45.6 Å². The zero-order valence-corrected chi connectivity index (χ0v) is 11.5. The van der Waals surface area contributed by atoms with Crippen LogP contribution < -0.4 is 5.32 Å². The number of hydrogen-bond acceptors (Lipinski definition) is 2. The first-order chi connectivity index (χ1) is 7.75. The monoisotopic (exact) mass is 295 g/mol. The lowest BCUT2D eigenvalue weighted by atomic mass is 10.1. The molecule has 0 fully saturated rings. The van der Waals surface area contributed by atoms with Crippen molar-refractivity contribution in [1.82, 2.24) is 5.32 Å². The van der Waals surface area contributed by atoms with Gasteiger partial charge in [-0.2, -0.15) is 11.3 Å². The molecule has 0 aliphatic rings. The summed E-state index contributed by atoms with van der Waals surface area (Å²) in [6, 6.07) is 11.0. The Hall–Kier alpha value is -0.640. The van der Waals surface area contributed by atoms with Gasteiger partial charge in [0.25, 0.3) is 0 Å². The fraction of sp³-hybridized carbons (Fsp3) is 0.231. The van der Waals surface area contributed by atoms with Crippen molar-refractivity contribution >= 4 is 27.3 Å². The third-order valence-corrected chi connectivity index (χ3v) is 3.74. The SMILES string of the molecule is CC(NCc1cccc(Br)c1)c1ccsc1. The third-order valence-electron chi connectivity index (χ3n) is 2.54. The Morgan fingerprint density at radius 2 is 2.25 bits per heavy atom. The molecule has 0 bridgehead atoms. The molecule has 1 aromatic carbocycles. The van der Waals surface area contributed by atoms with Gasteiger partial charge in [0.15, 0.2) is 0 Å². The Balaban J connectivity index is 1.92. The molecule has 1 N–H and O–H groups in total. The van der Waals surface area contributed by atoms with Crippen LogP contribution in [-0.2, 0) is 6.54 Å². The summed E-state index contributed by atoms with van der Waals surface area (Å²) in [6.07, 6.45) is 0. The van der Waals surface area contributed by atoms with Crippen molar-refractivity contribution in [2.24, 2.45) is 0 Å². The second-order valence-electron chi connectivity index (χ2n) is 3.79. The molecule has 0 saturated carbocycles. The van der Waals surface area contributed by atoms with Crippen molar-refractivity contribution in [1.29, 1.82) is 0 Å². The molecule has 1 atom stereocenters. The minimum atomic E-state index is 0.408. The quantitative estimate of drug-likeness (QED) is 0.884. The van der Waals surface area contributed by atoms with E-state index in [2.05, 4.69) is 63.2 Å². The van der Waals surface area contributed by atoms with E-state index in [0.717, 1.165) is 11.0 Å². The highest BCUT2D eigenvalue weighted by Gasteiger charge is 2.04. The van der Waals surface area contributed by atoms with Gasteiger partial charge in [0, 0.05) is 17.1 Å². The number of thiophene rings is 1. The maximum Gasteiger partial charge on any atom is 0.0303 e. The molecular formula is C13H14BrNS. The highest BCUT2D eigenvalue weighted by Crippen LogP contribution is 2.17. The average molecular weight is 296 g/mol. The molecule has 2 aromatic rings. The normalized spacial score (nSPS) is 12.6. The fourth-order valence-corrected chi connectivity index (χ4v) is 2.76. The van der Waals surface area contributed by atoms with E-state index in [1.54, 1.807) is 11.3 Å². The van der Waals surface area contributed by atoms with Crippen molar-refractivity contribution in [2.75, 3.05) is 0 Å².